The number of hydrogen-bond donors (Lipinski definition) is 0. The fourth-order valence-electron chi connectivity index (χ4n) is 8.67. The number of carbonyl (C=O) groups excluding carboxylic acids is 4. The van der Waals surface area contributed by atoms with Crippen LogP contribution in [0.5, 0.6) is 5.75 Å². The molecular weight excluding hydrogens is 610 g/mol. The van der Waals surface area contributed by atoms with Crippen molar-refractivity contribution in [2.75, 3.05) is 4.90 Å². The van der Waals surface area contributed by atoms with Gasteiger partial charge in [-0.25, -0.2) is 4.90 Å². The fraction of sp³-hybridized carbons (Fsp3) is 0.163. The van der Waals surface area contributed by atoms with Gasteiger partial charge in [0, 0.05) is 13.0 Å². The molecule has 0 spiro atoms. The standard InChI is InChI=1S/C43H33NO5/c1-26-17-21-29(22-18-26)35-36(30-23-19-27(2)20-24-30)43(32-13-8-5-9-14-32)38-37(42(35,41(43)48)31-11-6-4-7-12-31)39(46)44(40(38)47)33-15-10-16-34(25-33)49-28(3)45/h4-25,37-38H,1-3H3/t37-,38-,42+,43+/m1/s1. The van der Waals surface area contributed by atoms with Gasteiger partial charge in [0.1, 0.15) is 5.75 Å². The number of amides is 2. The van der Waals surface area contributed by atoms with E-state index in [4.69, 9.17) is 4.74 Å². The second-order valence-electron chi connectivity index (χ2n) is 13.2. The molecule has 6 heteroatoms. The molecule has 2 fully saturated rings. The maximum atomic E-state index is 16.0. The molecule has 5 aromatic rings. The molecule has 8 rings (SSSR count). The molecule has 0 unspecified atom stereocenters. The average Bonchev–Trinajstić information content (AvgIpc) is 3.61. The molecule has 0 N–H and O–H groups in total. The van der Waals surface area contributed by atoms with Crippen molar-refractivity contribution >= 4 is 40.4 Å². The molecular formula is C43H33NO5. The SMILES string of the molecule is CC(=O)Oc1cccc(N2C(=O)[C@H]3[C@H](C2=O)[C@@]2(c4ccccc4)C(=O)[C@@]3(c3ccccc3)C(c3ccc(C)cc3)=C2c2ccc(C)cc2)c1. The van der Waals surface area contributed by atoms with Crippen molar-refractivity contribution in [1.29, 1.82) is 0 Å². The summed E-state index contributed by atoms with van der Waals surface area (Å²) in [6.07, 6.45) is 0. The molecule has 1 saturated carbocycles. The van der Waals surface area contributed by atoms with Gasteiger partial charge in [-0.15, -0.1) is 0 Å². The summed E-state index contributed by atoms with van der Waals surface area (Å²) in [4.78, 5) is 59.4. The van der Waals surface area contributed by atoms with Crippen molar-refractivity contribution in [2.24, 2.45) is 11.8 Å². The molecule has 5 aromatic carbocycles. The number of esters is 1. The molecule has 49 heavy (non-hydrogen) atoms. The van der Waals surface area contributed by atoms with Gasteiger partial charge < -0.3 is 4.74 Å². The summed E-state index contributed by atoms with van der Waals surface area (Å²) in [5.41, 5.74) is 3.90. The minimum Gasteiger partial charge on any atom is -0.427 e. The zero-order valence-electron chi connectivity index (χ0n) is 27.3. The highest BCUT2D eigenvalue weighted by Crippen LogP contribution is 2.74. The van der Waals surface area contributed by atoms with Crippen molar-refractivity contribution in [3.63, 3.8) is 0 Å². The average molecular weight is 644 g/mol. The van der Waals surface area contributed by atoms with E-state index >= 15 is 14.4 Å². The zero-order chi connectivity index (χ0) is 34.1. The van der Waals surface area contributed by atoms with E-state index in [1.54, 1.807) is 18.2 Å². The number of ether oxygens (including phenoxy) is 1. The second kappa shape index (κ2) is 11.1. The maximum absolute atomic E-state index is 16.0. The number of carbonyl (C=O) groups is 4. The van der Waals surface area contributed by atoms with Crippen LogP contribution in [0.15, 0.2) is 133 Å². The van der Waals surface area contributed by atoms with Crippen LogP contribution in [0.2, 0.25) is 0 Å². The molecule has 1 aliphatic heterocycles. The van der Waals surface area contributed by atoms with Crippen molar-refractivity contribution in [3.8, 4) is 5.75 Å². The quantitative estimate of drug-likeness (QED) is 0.109. The highest BCUT2D eigenvalue weighted by Gasteiger charge is 2.82. The molecule has 1 heterocycles. The zero-order valence-corrected chi connectivity index (χ0v) is 27.3. The molecule has 0 radical (unpaired) electrons. The number of Topliss-reactive ketones (excluding diaryl/α,β-unsaturated/α-hetero) is 1. The van der Waals surface area contributed by atoms with Crippen LogP contribution < -0.4 is 9.64 Å². The van der Waals surface area contributed by atoms with Crippen LogP contribution in [0.1, 0.15) is 40.3 Å². The van der Waals surface area contributed by atoms with Gasteiger partial charge in [-0.2, -0.15) is 0 Å². The Morgan fingerprint density at radius 1 is 0.592 bits per heavy atom. The Morgan fingerprint density at radius 2 is 1.04 bits per heavy atom. The van der Waals surface area contributed by atoms with Crippen molar-refractivity contribution in [3.05, 3.63) is 167 Å². The van der Waals surface area contributed by atoms with E-state index in [0.717, 1.165) is 33.4 Å². The van der Waals surface area contributed by atoms with Gasteiger partial charge in [0.15, 0.2) is 5.78 Å². The Morgan fingerprint density at radius 3 is 1.47 bits per heavy atom. The summed E-state index contributed by atoms with van der Waals surface area (Å²) < 4.78 is 5.35. The van der Waals surface area contributed by atoms with E-state index in [2.05, 4.69) is 0 Å². The molecule has 2 amide bonds. The molecule has 2 bridgehead atoms. The normalized spacial score (nSPS) is 24.1. The van der Waals surface area contributed by atoms with E-state index < -0.39 is 40.4 Å². The summed E-state index contributed by atoms with van der Waals surface area (Å²) in [5, 5.41) is 0. The minimum atomic E-state index is -1.49. The Bertz CT molecular complexity index is 2080. The van der Waals surface area contributed by atoms with Gasteiger partial charge in [-0.3, -0.25) is 19.2 Å². The lowest BCUT2D eigenvalue weighted by Crippen LogP contribution is -2.45. The highest BCUT2D eigenvalue weighted by molar-refractivity contribution is 6.39. The number of anilines is 1. The number of allylic oxidation sites excluding steroid dienone is 2. The van der Waals surface area contributed by atoms with Crippen LogP contribution in [0, 0.1) is 25.7 Å². The van der Waals surface area contributed by atoms with E-state index in [9.17, 15) is 4.79 Å². The van der Waals surface area contributed by atoms with Crippen molar-refractivity contribution in [1.82, 2.24) is 0 Å². The summed E-state index contributed by atoms with van der Waals surface area (Å²) in [6, 6.07) is 41.5. The van der Waals surface area contributed by atoms with E-state index in [0.29, 0.717) is 11.1 Å². The van der Waals surface area contributed by atoms with Gasteiger partial charge in [0.25, 0.3) is 0 Å². The van der Waals surface area contributed by atoms with Gasteiger partial charge in [0.05, 0.1) is 28.4 Å². The van der Waals surface area contributed by atoms with Crippen LogP contribution in [0.25, 0.3) is 11.1 Å². The number of benzene rings is 5. The predicted molar refractivity (Wildman–Crippen MR) is 188 cm³/mol. The highest BCUT2D eigenvalue weighted by atomic mass is 16.5. The number of fused-ring (bicyclic) bond motifs is 5. The monoisotopic (exact) mass is 643 g/mol. The smallest absolute Gasteiger partial charge is 0.308 e. The number of aryl methyl sites for hydroxylation is 2. The summed E-state index contributed by atoms with van der Waals surface area (Å²) >= 11 is 0. The lowest BCUT2D eigenvalue weighted by Gasteiger charge is -2.39. The molecule has 3 aliphatic rings. The largest absolute Gasteiger partial charge is 0.427 e. The second-order valence-corrected chi connectivity index (χ2v) is 13.2. The Hall–Kier alpha value is -5.88. The Labute approximate surface area is 284 Å². The predicted octanol–water partition coefficient (Wildman–Crippen LogP) is 7.42. The van der Waals surface area contributed by atoms with Crippen LogP contribution in [-0.2, 0) is 30.0 Å². The topological polar surface area (TPSA) is 80.8 Å². The van der Waals surface area contributed by atoms with Gasteiger partial charge in [-0.05, 0) is 59.4 Å². The third kappa shape index (κ3) is 4.13. The van der Waals surface area contributed by atoms with Crippen LogP contribution >= 0.6 is 0 Å². The first-order valence-corrected chi connectivity index (χ1v) is 16.4. The van der Waals surface area contributed by atoms with Gasteiger partial charge in [0.2, 0.25) is 11.8 Å². The Balaban J connectivity index is 1.51. The summed E-state index contributed by atoms with van der Waals surface area (Å²) in [6.45, 7) is 5.32. The van der Waals surface area contributed by atoms with Crippen molar-refractivity contribution in [2.45, 2.75) is 31.6 Å². The van der Waals surface area contributed by atoms with E-state index in [-0.39, 0.29) is 17.2 Å². The molecule has 4 atom stereocenters. The third-order valence-electron chi connectivity index (χ3n) is 10.5. The number of nitrogens with zero attached hydrogens (tertiary/aromatic N) is 1. The molecule has 6 nitrogen and oxygen atoms in total. The molecule has 2 aliphatic carbocycles. The molecule has 1 saturated heterocycles. The molecule has 240 valence electrons. The summed E-state index contributed by atoms with van der Waals surface area (Å²) in [5.74, 6) is -3.48. The van der Waals surface area contributed by atoms with Gasteiger partial charge >= 0.3 is 5.97 Å². The lowest BCUT2D eigenvalue weighted by molar-refractivity contribution is -0.132. The number of hydrogen-bond acceptors (Lipinski definition) is 5. The van der Waals surface area contributed by atoms with Gasteiger partial charge in [-0.1, -0.05) is 126 Å². The number of imide groups is 1. The minimum absolute atomic E-state index is 0.173. The van der Waals surface area contributed by atoms with E-state index in [1.165, 1.54) is 17.9 Å². The number of rotatable bonds is 6. The first-order valence-electron chi connectivity index (χ1n) is 16.4. The first-order chi connectivity index (χ1) is 23.7. The Kier molecular flexibility index (Phi) is 6.90. The maximum Gasteiger partial charge on any atom is 0.308 e. The number of ketones is 1. The lowest BCUT2D eigenvalue weighted by atomic mass is 9.59. The van der Waals surface area contributed by atoms with Crippen LogP contribution in [0.3, 0.4) is 0 Å². The van der Waals surface area contributed by atoms with Crippen molar-refractivity contribution < 1.29 is 23.9 Å². The van der Waals surface area contributed by atoms with Crippen LogP contribution in [0.4, 0.5) is 5.69 Å². The molecule has 0 aromatic heterocycles. The summed E-state index contributed by atoms with van der Waals surface area (Å²) in [7, 11) is 0. The first kappa shape index (κ1) is 30.5. The third-order valence-corrected chi connectivity index (χ3v) is 10.5. The fourth-order valence-corrected chi connectivity index (χ4v) is 8.67. The van der Waals surface area contributed by atoms with E-state index in [1.807, 2.05) is 123 Å². The van der Waals surface area contributed by atoms with Crippen LogP contribution in [-0.4, -0.2) is 23.6 Å².